The number of Topliss-reactive ketones (excluding diaryl/α,β-unsaturated/α-hetero) is 1. The molecule has 6 rings (SSSR count). The standard InChI is InChI=1S/C32H36O3/c1-20-17-24-25-11-12-27(29(34)19-35-30-10-6-8-21-7-4-5-9-23(21)30)31(25,2)16-14-26(24)32(3)15-13-22(33)18-28(20)32/h4-10,13,15,18,20,24-27H,11-12,14,16-17,19H2,1-3H3/t20-,24?,25?,26?,27?,31?,32?/m0/s1. The van der Waals surface area contributed by atoms with Crippen molar-refractivity contribution in [2.24, 2.45) is 40.4 Å². The van der Waals surface area contributed by atoms with E-state index in [1.807, 2.05) is 30.3 Å². The Labute approximate surface area is 208 Å². The van der Waals surface area contributed by atoms with Crippen LogP contribution in [0.25, 0.3) is 10.8 Å². The van der Waals surface area contributed by atoms with E-state index in [-0.39, 0.29) is 34.9 Å². The van der Waals surface area contributed by atoms with Crippen molar-refractivity contribution in [3.05, 3.63) is 66.3 Å². The Morgan fingerprint density at radius 2 is 1.83 bits per heavy atom. The summed E-state index contributed by atoms with van der Waals surface area (Å²) in [6.45, 7) is 7.20. The van der Waals surface area contributed by atoms with Gasteiger partial charge in [0.15, 0.2) is 11.6 Å². The lowest BCUT2D eigenvalue weighted by molar-refractivity contribution is -0.131. The third-order valence-corrected chi connectivity index (χ3v) is 10.4. The molecule has 3 heteroatoms. The molecule has 4 aliphatic rings. The lowest BCUT2D eigenvalue weighted by Crippen LogP contribution is -2.52. The van der Waals surface area contributed by atoms with Crippen LogP contribution in [-0.2, 0) is 9.59 Å². The molecule has 35 heavy (non-hydrogen) atoms. The molecule has 0 radical (unpaired) electrons. The number of hydrogen-bond donors (Lipinski definition) is 0. The van der Waals surface area contributed by atoms with Crippen molar-refractivity contribution >= 4 is 22.3 Å². The summed E-state index contributed by atoms with van der Waals surface area (Å²) in [4.78, 5) is 25.7. The fourth-order valence-electron chi connectivity index (χ4n) is 8.72. The van der Waals surface area contributed by atoms with Gasteiger partial charge < -0.3 is 4.74 Å². The molecule has 3 nitrogen and oxygen atoms in total. The van der Waals surface area contributed by atoms with Crippen LogP contribution in [0.1, 0.15) is 52.9 Å². The van der Waals surface area contributed by atoms with E-state index in [1.165, 1.54) is 5.57 Å². The summed E-state index contributed by atoms with van der Waals surface area (Å²) in [5.41, 5.74) is 1.37. The van der Waals surface area contributed by atoms with E-state index in [4.69, 9.17) is 4.74 Å². The fourth-order valence-corrected chi connectivity index (χ4v) is 8.72. The summed E-state index contributed by atoms with van der Waals surface area (Å²) in [6.07, 6.45) is 11.4. The topological polar surface area (TPSA) is 43.4 Å². The molecule has 4 aliphatic carbocycles. The Morgan fingerprint density at radius 1 is 1.03 bits per heavy atom. The first kappa shape index (κ1) is 22.8. The third kappa shape index (κ3) is 3.45. The van der Waals surface area contributed by atoms with Crippen LogP contribution >= 0.6 is 0 Å². The van der Waals surface area contributed by atoms with E-state index in [0.29, 0.717) is 23.7 Å². The van der Waals surface area contributed by atoms with Crippen LogP contribution in [0.15, 0.2) is 66.3 Å². The van der Waals surface area contributed by atoms with Gasteiger partial charge >= 0.3 is 0 Å². The molecule has 2 aromatic rings. The van der Waals surface area contributed by atoms with Gasteiger partial charge in [0.25, 0.3) is 0 Å². The molecule has 7 atom stereocenters. The molecule has 0 bridgehead atoms. The van der Waals surface area contributed by atoms with Crippen molar-refractivity contribution in [2.75, 3.05) is 6.61 Å². The van der Waals surface area contributed by atoms with E-state index in [9.17, 15) is 9.59 Å². The minimum atomic E-state index is -0.0167. The first-order chi connectivity index (χ1) is 16.8. The third-order valence-electron chi connectivity index (χ3n) is 10.4. The van der Waals surface area contributed by atoms with Crippen LogP contribution < -0.4 is 4.74 Å². The lowest BCUT2D eigenvalue weighted by atomic mass is 9.46. The van der Waals surface area contributed by atoms with E-state index in [0.717, 1.165) is 48.6 Å². The second-order valence-electron chi connectivity index (χ2n) is 12.0. The van der Waals surface area contributed by atoms with Gasteiger partial charge in [-0.1, -0.05) is 68.8 Å². The van der Waals surface area contributed by atoms with Crippen LogP contribution in [0.3, 0.4) is 0 Å². The normalized spacial score (nSPS) is 37.9. The summed E-state index contributed by atoms with van der Waals surface area (Å²) < 4.78 is 6.14. The van der Waals surface area contributed by atoms with Gasteiger partial charge in [-0.2, -0.15) is 0 Å². The molecule has 0 spiro atoms. The van der Waals surface area contributed by atoms with E-state index in [2.05, 4.69) is 45.0 Å². The highest BCUT2D eigenvalue weighted by Crippen LogP contribution is 2.66. The van der Waals surface area contributed by atoms with Crippen molar-refractivity contribution in [3.63, 3.8) is 0 Å². The van der Waals surface area contributed by atoms with Crippen LogP contribution in [0.4, 0.5) is 0 Å². The van der Waals surface area contributed by atoms with Crippen LogP contribution in [0.2, 0.25) is 0 Å². The highest BCUT2D eigenvalue weighted by Gasteiger charge is 2.60. The summed E-state index contributed by atoms with van der Waals surface area (Å²) in [5, 5.41) is 2.20. The molecule has 0 amide bonds. The maximum absolute atomic E-state index is 13.6. The molecule has 0 heterocycles. The number of rotatable bonds is 4. The zero-order valence-corrected chi connectivity index (χ0v) is 21.1. The SMILES string of the molecule is C[C@H]1CC2C(CCC3(C)C(C(=O)COc4cccc5ccccc45)CCC23)C2(C)C=CC(=O)C=C12. The van der Waals surface area contributed by atoms with Crippen LogP contribution in [0, 0.1) is 40.4 Å². The number of ketones is 2. The zero-order valence-electron chi connectivity index (χ0n) is 21.1. The largest absolute Gasteiger partial charge is 0.485 e. The number of carbonyl (C=O) groups excluding carboxylic acids is 2. The predicted molar refractivity (Wildman–Crippen MR) is 139 cm³/mol. The predicted octanol–water partition coefficient (Wildman–Crippen LogP) is 6.96. The minimum absolute atomic E-state index is 0.0167. The minimum Gasteiger partial charge on any atom is -0.485 e. The highest BCUT2D eigenvalue weighted by atomic mass is 16.5. The van der Waals surface area contributed by atoms with Crippen molar-refractivity contribution < 1.29 is 14.3 Å². The Balaban J connectivity index is 1.21. The maximum Gasteiger partial charge on any atom is 0.178 e. The van der Waals surface area contributed by atoms with Crippen LogP contribution in [0.5, 0.6) is 5.75 Å². The monoisotopic (exact) mass is 468 g/mol. The molecule has 0 aliphatic heterocycles. The van der Waals surface area contributed by atoms with Crippen molar-refractivity contribution in [3.8, 4) is 5.75 Å². The van der Waals surface area contributed by atoms with Crippen molar-refractivity contribution in [1.29, 1.82) is 0 Å². The first-order valence-corrected chi connectivity index (χ1v) is 13.4. The number of ether oxygens (including phenoxy) is 1. The van der Waals surface area contributed by atoms with Gasteiger partial charge in [-0.25, -0.2) is 0 Å². The molecular weight excluding hydrogens is 432 g/mol. The molecule has 3 fully saturated rings. The van der Waals surface area contributed by atoms with Crippen LogP contribution in [-0.4, -0.2) is 18.2 Å². The average molecular weight is 469 g/mol. The Kier molecular flexibility index (Phi) is 5.32. The molecule has 2 aromatic carbocycles. The summed E-state index contributed by atoms with van der Waals surface area (Å²) in [5.74, 6) is 3.44. The van der Waals surface area contributed by atoms with Gasteiger partial charge in [-0.15, -0.1) is 0 Å². The Bertz CT molecular complexity index is 1250. The molecule has 3 saturated carbocycles. The lowest BCUT2D eigenvalue weighted by Gasteiger charge is -2.58. The van der Waals surface area contributed by atoms with Gasteiger partial charge in [0.1, 0.15) is 12.4 Å². The fraction of sp³-hybridized carbons (Fsp3) is 0.500. The van der Waals surface area contributed by atoms with E-state index in [1.54, 1.807) is 6.08 Å². The Morgan fingerprint density at radius 3 is 2.69 bits per heavy atom. The molecule has 0 N–H and O–H groups in total. The smallest absolute Gasteiger partial charge is 0.178 e. The summed E-state index contributed by atoms with van der Waals surface area (Å²) in [6, 6.07) is 14.2. The highest BCUT2D eigenvalue weighted by molar-refractivity contribution is 6.01. The van der Waals surface area contributed by atoms with Gasteiger partial charge in [-0.05, 0) is 84.8 Å². The average Bonchev–Trinajstić information content (AvgIpc) is 3.21. The van der Waals surface area contributed by atoms with Crippen molar-refractivity contribution in [2.45, 2.75) is 52.9 Å². The van der Waals surface area contributed by atoms with Gasteiger partial charge in [0.2, 0.25) is 0 Å². The summed E-state index contributed by atoms with van der Waals surface area (Å²) >= 11 is 0. The second kappa shape index (κ2) is 8.18. The number of allylic oxidation sites excluding steroid dienone is 4. The zero-order chi connectivity index (χ0) is 24.4. The number of benzene rings is 2. The Hall–Kier alpha value is -2.68. The van der Waals surface area contributed by atoms with Crippen molar-refractivity contribution in [1.82, 2.24) is 0 Å². The van der Waals surface area contributed by atoms with Gasteiger partial charge in [0, 0.05) is 16.7 Å². The quantitative estimate of drug-likeness (QED) is 0.487. The second-order valence-corrected chi connectivity index (χ2v) is 12.0. The molecular formula is C32H36O3. The summed E-state index contributed by atoms with van der Waals surface area (Å²) in [7, 11) is 0. The number of hydrogen-bond acceptors (Lipinski definition) is 3. The van der Waals surface area contributed by atoms with E-state index >= 15 is 0 Å². The molecule has 6 unspecified atom stereocenters. The van der Waals surface area contributed by atoms with Gasteiger partial charge in [-0.3, -0.25) is 9.59 Å². The molecule has 182 valence electrons. The number of fused-ring (bicyclic) bond motifs is 6. The molecule has 0 aromatic heterocycles. The van der Waals surface area contributed by atoms with Gasteiger partial charge in [0.05, 0.1) is 0 Å². The van der Waals surface area contributed by atoms with E-state index < -0.39 is 0 Å². The maximum atomic E-state index is 13.6. The number of carbonyl (C=O) groups is 2. The first-order valence-electron chi connectivity index (χ1n) is 13.4. The molecule has 0 saturated heterocycles.